The average molecular weight is 337 g/mol. The summed E-state index contributed by atoms with van der Waals surface area (Å²) in [6.07, 6.45) is 0.967. The molecule has 0 saturated carbocycles. The Kier molecular flexibility index (Phi) is 5.24. The van der Waals surface area contributed by atoms with E-state index in [1.165, 1.54) is 0 Å². The molecule has 7 nitrogen and oxygen atoms in total. The van der Waals surface area contributed by atoms with Crippen molar-refractivity contribution in [1.82, 2.24) is 20.0 Å². The van der Waals surface area contributed by atoms with E-state index < -0.39 is 0 Å². The standard InChI is InChI=1S/C15H23N5O2S/c1-11-10-23-15(16-11)20-6-4-5-19(7-8-20)9-13-17-14(18-22-13)12(2)21-3/h10,12H,4-9H2,1-3H3/t12-/m0/s1. The molecule has 23 heavy (non-hydrogen) atoms. The molecule has 0 radical (unpaired) electrons. The van der Waals surface area contributed by atoms with Crippen LogP contribution >= 0.6 is 11.3 Å². The molecule has 1 aliphatic heterocycles. The third kappa shape index (κ3) is 4.07. The lowest BCUT2D eigenvalue weighted by atomic mass is 10.4. The van der Waals surface area contributed by atoms with Crippen LogP contribution in [0, 0.1) is 6.92 Å². The van der Waals surface area contributed by atoms with Crippen molar-refractivity contribution in [2.45, 2.75) is 32.9 Å². The third-order valence-electron chi connectivity index (χ3n) is 4.03. The van der Waals surface area contributed by atoms with Crippen LogP contribution in [0.25, 0.3) is 0 Å². The van der Waals surface area contributed by atoms with Gasteiger partial charge in [0.1, 0.15) is 6.10 Å². The van der Waals surface area contributed by atoms with Crippen LogP contribution in [-0.4, -0.2) is 53.3 Å². The van der Waals surface area contributed by atoms with Crippen molar-refractivity contribution in [2.24, 2.45) is 0 Å². The van der Waals surface area contributed by atoms with Gasteiger partial charge < -0.3 is 14.2 Å². The van der Waals surface area contributed by atoms with Crippen LogP contribution in [0.4, 0.5) is 5.13 Å². The molecule has 2 aromatic rings. The maximum absolute atomic E-state index is 5.34. The van der Waals surface area contributed by atoms with Gasteiger partial charge in [0.25, 0.3) is 0 Å². The predicted molar refractivity (Wildman–Crippen MR) is 88.7 cm³/mol. The third-order valence-corrected chi connectivity index (χ3v) is 5.05. The largest absolute Gasteiger partial charge is 0.374 e. The normalized spacial score (nSPS) is 18.1. The van der Waals surface area contributed by atoms with Crippen molar-refractivity contribution in [3.8, 4) is 0 Å². The lowest BCUT2D eigenvalue weighted by Gasteiger charge is -2.20. The van der Waals surface area contributed by atoms with Gasteiger partial charge in [-0.3, -0.25) is 4.90 Å². The lowest BCUT2D eigenvalue weighted by molar-refractivity contribution is 0.109. The number of aryl methyl sites for hydroxylation is 1. The number of nitrogens with zero attached hydrogens (tertiary/aromatic N) is 5. The minimum Gasteiger partial charge on any atom is -0.374 e. The number of thiazole rings is 1. The molecule has 1 fully saturated rings. The minimum atomic E-state index is -0.139. The molecule has 0 amide bonds. The molecule has 0 aliphatic carbocycles. The highest BCUT2D eigenvalue weighted by Crippen LogP contribution is 2.22. The molecule has 0 bridgehead atoms. The van der Waals surface area contributed by atoms with Crippen molar-refractivity contribution >= 4 is 16.5 Å². The Morgan fingerprint density at radius 1 is 1.30 bits per heavy atom. The molecule has 0 aromatic carbocycles. The summed E-state index contributed by atoms with van der Waals surface area (Å²) in [5.41, 5.74) is 1.09. The van der Waals surface area contributed by atoms with E-state index in [1.54, 1.807) is 18.4 Å². The van der Waals surface area contributed by atoms with E-state index in [0.29, 0.717) is 18.3 Å². The summed E-state index contributed by atoms with van der Waals surface area (Å²) in [6, 6.07) is 0. The van der Waals surface area contributed by atoms with Gasteiger partial charge >= 0.3 is 0 Å². The van der Waals surface area contributed by atoms with Gasteiger partial charge in [0, 0.05) is 38.7 Å². The lowest BCUT2D eigenvalue weighted by Crippen LogP contribution is -2.30. The Hall–Kier alpha value is -1.51. The molecule has 0 N–H and O–H groups in total. The minimum absolute atomic E-state index is 0.139. The molecular weight excluding hydrogens is 314 g/mol. The summed E-state index contributed by atoms with van der Waals surface area (Å²) in [4.78, 5) is 13.7. The fourth-order valence-electron chi connectivity index (χ4n) is 2.60. The van der Waals surface area contributed by atoms with Crippen LogP contribution in [-0.2, 0) is 11.3 Å². The molecule has 1 aliphatic rings. The van der Waals surface area contributed by atoms with Gasteiger partial charge in [-0.1, -0.05) is 5.16 Å². The summed E-state index contributed by atoms with van der Waals surface area (Å²) in [5.74, 6) is 1.26. The molecule has 0 unspecified atom stereocenters. The van der Waals surface area contributed by atoms with Crippen LogP contribution in [0.5, 0.6) is 0 Å². The number of methoxy groups -OCH3 is 1. The number of aromatic nitrogens is 3. The smallest absolute Gasteiger partial charge is 0.240 e. The van der Waals surface area contributed by atoms with Crippen LogP contribution in [0.3, 0.4) is 0 Å². The van der Waals surface area contributed by atoms with Gasteiger partial charge in [-0.05, 0) is 20.3 Å². The maximum Gasteiger partial charge on any atom is 0.240 e. The number of anilines is 1. The van der Waals surface area contributed by atoms with Crippen molar-refractivity contribution in [1.29, 1.82) is 0 Å². The van der Waals surface area contributed by atoms with Crippen molar-refractivity contribution < 1.29 is 9.26 Å². The van der Waals surface area contributed by atoms with Crippen LogP contribution < -0.4 is 4.90 Å². The number of ether oxygens (including phenoxy) is 1. The van der Waals surface area contributed by atoms with Crippen LogP contribution in [0.15, 0.2) is 9.90 Å². The van der Waals surface area contributed by atoms with Gasteiger partial charge in [0.2, 0.25) is 5.89 Å². The number of hydrogen-bond donors (Lipinski definition) is 0. The van der Waals surface area contributed by atoms with Crippen LogP contribution in [0.1, 0.15) is 36.9 Å². The first kappa shape index (κ1) is 16.4. The highest BCUT2D eigenvalue weighted by molar-refractivity contribution is 7.13. The molecule has 2 aromatic heterocycles. The van der Waals surface area contributed by atoms with Crippen molar-refractivity contribution in [3.63, 3.8) is 0 Å². The fraction of sp³-hybridized carbons (Fsp3) is 0.667. The molecule has 3 heterocycles. The first-order chi connectivity index (χ1) is 11.2. The SMILES string of the molecule is CO[C@@H](C)c1noc(CN2CCCN(c3nc(C)cs3)CC2)n1. The summed E-state index contributed by atoms with van der Waals surface area (Å²) >= 11 is 1.72. The van der Waals surface area contributed by atoms with Gasteiger partial charge in [0.05, 0.1) is 12.2 Å². The van der Waals surface area contributed by atoms with Gasteiger partial charge in [-0.2, -0.15) is 4.98 Å². The zero-order valence-corrected chi connectivity index (χ0v) is 14.7. The Labute approximate surface area is 140 Å². The molecule has 3 rings (SSSR count). The van der Waals surface area contributed by atoms with Crippen molar-refractivity contribution in [3.05, 3.63) is 22.8 Å². The quantitative estimate of drug-likeness (QED) is 0.829. The van der Waals surface area contributed by atoms with E-state index >= 15 is 0 Å². The Morgan fingerprint density at radius 3 is 2.91 bits per heavy atom. The first-order valence-corrected chi connectivity index (χ1v) is 8.78. The molecule has 126 valence electrons. The number of rotatable bonds is 5. The van der Waals surface area contributed by atoms with E-state index in [4.69, 9.17) is 9.26 Å². The zero-order valence-electron chi connectivity index (χ0n) is 13.9. The van der Waals surface area contributed by atoms with Crippen molar-refractivity contribution in [2.75, 3.05) is 38.2 Å². The average Bonchev–Trinajstić information content (AvgIpc) is 3.12. The highest BCUT2D eigenvalue weighted by Gasteiger charge is 2.20. The van der Waals surface area contributed by atoms with E-state index in [2.05, 4.69) is 30.3 Å². The molecular formula is C15H23N5O2S. The Balaban J connectivity index is 1.57. The second-order valence-corrected chi connectivity index (χ2v) is 6.65. The second kappa shape index (κ2) is 7.37. The highest BCUT2D eigenvalue weighted by atomic mass is 32.1. The van der Waals surface area contributed by atoms with Gasteiger partial charge in [-0.25, -0.2) is 4.98 Å². The van der Waals surface area contributed by atoms with E-state index in [1.807, 2.05) is 13.8 Å². The topological polar surface area (TPSA) is 67.5 Å². The summed E-state index contributed by atoms with van der Waals surface area (Å²) in [5, 5.41) is 7.21. The number of hydrogen-bond acceptors (Lipinski definition) is 8. The van der Waals surface area contributed by atoms with Crippen LogP contribution in [0.2, 0.25) is 0 Å². The molecule has 1 saturated heterocycles. The monoisotopic (exact) mass is 337 g/mol. The summed E-state index contributed by atoms with van der Waals surface area (Å²) in [6.45, 7) is 8.65. The Bertz CT molecular complexity index is 629. The van der Waals surface area contributed by atoms with Gasteiger partial charge in [0.15, 0.2) is 11.0 Å². The first-order valence-electron chi connectivity index (χ1n) is 7.90. The molecule has 0 spiro atoms. The second-order valence-electron chi connectivity index (χ2n) is 5.81. The van der Waals surface area contributed by atoms with E-state index in [-0.39, 0.29) is 6.10 Å². The molecule has 8 heteroatoms. The predicted octanol–water partition coefficient (Wildman–Crippen LogP) is 2.25. The summed E-state index contributed by atoms with van der Waals surface area (Å²) in [7, 11) is 1.64. The van der Waals surface area contributed by atoms with Gasteiger partial charge in [-0.15, -0.1) is 11.3 Å². The molecule has 1 atom stereocenters. The van der Waals surface area contributed by atoms with E-state index in [0.717, 1.165) is 43.4 Å². The maximum atomic E-state index is 5.34. The summed E-state index contributed by atoms with van der Waals surface area (Å²) < 4.78 is 10.6. The Morgan fingerprint density at radius 2 is 2.17 bits per heavy atom. The van der Waals surface area contributed by atoms with E-state index in [9.17, 15) is 0 Å². The zero-order chi connectivity index (χ0) is 16.2. The fourth-order valence-corrected chi connectivity index (χ4v) is 3.46.